The number of carbonyl (C=O) groups excluding carboxylic acids is 2. The summed E-state index contributed by atoms with van der Waals surface area (Å²) in [6, 6.07) is -0.106. The smallest absolute Gasteiger partial charge is 0.254 e. The van der Waals surface area contributed by atoms with E-state index < -0.39 is 5.91 Å². The third-order valence-electron chi connectivity index (χ3n) is 3.85. The first kappa shape index (κ1) is 16.0. The maximum Gasteiger partial charge on any atom is 0.254 e. The molecule has 1 aromatic rings. The maximum atomic E-state index is 12.0. The second-order valence-electron chi connectivity index (χ2n) is 5.16. The minimum absolute atomic E-state index is 0.0496. The van der Waals surface area contributed by atoms with Crippen molar-refractivity contribution >= 4 is 17.6 Å². The number of likely N-dealkylation sites (tertiary alicyclic amines) is 1. The van der Waals surface area contributed by atoms with Crippen molar-refractivity contribution in [3.63, 3.8) is 0 Å². The predicted molar refractivity (Wildman–Crippen MR) is 81.5 cm³/mol. The molecule has 0 saturated carbocycles. The molecule has 0 unspecified atom stereocenters. The monoisotopic (exact) mass is 307 g/mol. The van der Waals surface area contributed by atoms with Crippen LogP contribution in [0.15, 0.2) is 18.9 Å². The highest BCUT2D eigenvalue weighted by atomic mass is 16.5. The van der Waals surface area contributed by atoms with Gasteiger partial charge in [0.15, 0.2) is 0 Å². The Morgan fingerprint density at radius 1 is 1.64 bits per heavy atom. The molecule has 8 heteroatoms. The molecule has 3 N–H and O–H groups in total. The number of primary amides is 1. The molecule has 2 rings (SSSR count). The quantitative estimate of drug-likeness (QED) is 0.720. The van der Waals surface area contributed by atoms with Gasteiger partial charge in [0, 0.05) is 20.7 Å². The number of nitrogens with one attached hydrogen (secondary N) is 1. The number of nitrogens with two attached hydrogens (primary N) is 1. The van der Waals surface area contributed by atoms with Crippen molar-refractivity contribution in [2.75, 3.05) is 32.6 Å². The molecule has 1 saturated heterocycles. The molecule has 0 aliphatic carbocycles. The lowest BCUT2D eigenvalue weighted by Gasteiger charge is -2.22. The topological polar surface area (TPSA) is 102 Å². The summed E-state index contributed by atoms with van der Waals surface area (Å²) in [5.74, 6) is -0.125. The highest BCUT2D eigenvalue weighted by molar-refractivity contribution is 5.97. The fraction of sp³-hybridized carbons (Fsp3) is 0.500. The fourth-order valence-corrected chi connectivity index (χ4v) is 2.88. The lowest BCUT2D eigenvalue weighted by atomic mass is 10.2. The fourth-order valence-electron chi connectivity index (χ4n) is 2.88. The van der Waals surface area contributed by atoms with E-state index in [1.165, 1.54) is 12.3 Å². The van der Waals surface area contributed by atoms with Gasteiger partial charge in [0.05, 0.1) is 24.9 Å². The van der Waals surface area contributed by atoms with Crippen molar-refractivity contribution in [2.45, 2.75) is 18.5 Å². The molecular formula is C14H21N5O3. The lowest BCUT2D eigenvalue weighted by Crippen LogP contribution is -2.37. The molecule has 0 aromatic carbocycles. The second-order valence-corrected chi connectivity index (χ2v) is 5.16. The van der Waals surface area contributed by atoms with Crippen molar-refractivity contribution in [2.24, 2.45) is 5.73 Å². The molecule has 2 heterocycles. The van der Waals surface area contributed by atoms with Gasteiger partial charge in [-0.05, 0) is 12.5 Å². The van der Waals surface area contributed by atoms with Crippen LogP contribution >= 0.6 is 0 Å². The number of nitrogens with zero attached hydrogens (tertiary/aromatic N) is 3. The predicted octanol–water partition coefficient (Wildman–Crippen LogP) is -0.00190. The minimum Gasteiger partial charge on any atom is -0.383 e. The molecule has 1 fully saturated rings. The average molecular weight is 307 g/mol. The van der Waals surface area contributed by atoms with Crippen LogP contribution in [0.1, 0.15) is 22.8 Å². The van der Waals surface area contributed by atoms with E-state index in [1.54, 1.807) is 23.7 Å². The van der Waals surface area contributed by atoms with Crippen molar-refractivity contribution < 1.29 is 14.3 Å². The van der Waals surface area contributed by atoms with Gasteiger partial charge in [0.1, 0.15) is 11.4 Å². The summed E-state index contributed by atoms with van der Waals surface area (Å²) in [5, 5.41) is 7.21. The Morgan fingerprint density at radius 3 is 2.91 bits per heavy atom. The Labute approximate surface area is 128 Å². The van der Waals surface area contributed by atoms with Crippen LogP contribution in [0.2, 0.25) is 0 Å². The van der Waals surface area contributed by atoms with Crippen molar-refractivity contribution in [3.05, 3.63) is 24.4 Å². The molecule has 120 valence electrons. The first-order valence-electron chi connectivity index (χ1n) is 7.00. The molecule has 1 aromatic heterocycles. The van der Waals surface area contributed by atoms with Crippen molar-refractivity contribution in [1.29, 1.82) is 0 Å². The van der Waals surface area contributed by atoms with E-state index >= 15 is 0 Å². The van der Waals surface area contributed by atoms with Gasteiger partial charge in [-0.25, -0.2) is 4.68 Å². The second kappa shape index (κ2) is 6.61. The van der Waals surface area contributed by atoms with Crippen LogP contribution < -0.4 is 11.1 Å². The summed E-state index contributed by atoms with van der Waals surface area (Å²) < 4.78 is 6.89. The van der Waals surface area contributed by atoms with Gasteiger partial charge in [0.25, 0.3) is 5.91 Å². The van der Waals surface area contributed by atoms with Crippen LogP contribution in [0.5, 0.6) is 0 Å². The van der Waals surface area contributed by atoms with Crippen LogP contribution in [-0.2, 0) is 9.53 Å². The standard InChI is InChI=1S/C14H21N5O3/c1-4-12(20)18-7-9(5-10(18)8-22-3)19-14(16-2)11(6-17-19)13(15)21/h4,6,9-10,16H,1,5,7-8H2,2-3H3,(H2,15,21)/t9-,10+/m0/s1. The van der Waals surface area contributed by atoms with Gasteiger partial charge in [-0.3, -0.25) is 9.59 Å². The third kappa shape index (κ3) is 2.82. The van der Waals surface area contributed by atoms with Crippen LogP contribution in [0, 0.1) is 0 Å². The van der Waals surface area contributed by atoms with Gasteiger partial charge >= 0.3 is 0 Å². The summed E-state index contributed by atoms with van der Waals surface area (Å²) in [5.41, 5.74) is 5.68. The number of methoxy groups -OCH3 is 1. The van der Waals surface area contributed by atoms with E-state index in [-0.39, 0.29) is 18.0 Å². The Morgan fingerprint density at radius 2 is 2.36 bits per heavy atom. The number of anilines is 1. The number of hydrogen-bond donors (Lipinski definition) is 2. The van der Waals surface area contributed by atoms with E-state index in [0.717, 1.165) is 0 Å². The van der Waals surface area contributed by atoms with Gasteiger partial charge in [0.2, 0.25) is 5.91 Å². The molecular weight excluding hydrogens is 286 g/mol. The number of aromatic nitrogens is 2. The molecule has 0 radical (unpaired) electrons. The SMILES string of the molecule is C=CC(=O)N1C[C@@H](n2ncc(C(N)=O)c2NC)C[C@@H]1COC. The van der Waals surface area contributed by atoms with E-state index in [0.29, 0.717) is 31.0 Å². The van der Waals surface area contributed by atoms with Crippen molar-refractivity contribution in [3.8, 4) is 0 Å². The summed E-state index contributed by atoms with van der Waals surface area (Å²) in [6.45, 7) is 4.45. The Balaban J connectivity index is 2.29. The highest BCUT2D eigenvalue weighted by Crippen LogP contribution is 2.31. The van der Waals surface area contributed by atoms with E-state index in [2.05, 4.69) is 17.0 Å². The first-order valence-corrected chi connectivity index (χ1v) is 7.00. The van der Waals surface area contributed by atoms with Gasteiger partial charge in [-0.15, -0.1) is 0 Å². The first-order chi connectivity index (χ1) is 10.5. The molecule has 22 heavy (non-hydrogen) atoms. The zero-order chi connectivity index (χ0) is 16.3. The number of carbonyl (C=O) groups is 2. The largest absolute Gasteiger partial charge is 0.383 e. The summed E-state index contributed by atoms with van der Waals surface area (Å²) in [4.78, 5) is 25.1. The van der Waals surface area contributed by atoms with Crippen molar-refractivity contribution in [1.82, 2.24) is 14.7 Å². The zero-order valence-electron chi connectivity index (χ0n) is 12.8. The maximum absolute atomic E-state index is 12.0. The van der Waals surface area contributed by atoms with Crippen LogP contribution in [0.4, 0.5) is 5.82 Å². The number of rotatable bonds is 6. The van der Waals surface area contributed by atoms with Crippen LogP contribution in [-0.4, -0.2) is 59.8 Å². The van der Waals surface area contributed by atoms with Crippen LogP contribution in [0.25, 0.3) is 0 Å². The Hall–Kier alpha value is -2.35. The highest BCUT2D eigenvalue weighted by Gasteiger charge is 2.36. The Kier molecular flexibility index (Phi) is 4.81. The van der Waals surface area contributed by atoms with E-state index in [1.807, 2.05) is 0 Å². The third-order valence-corrected chi connectivity index (χ3v) is 3.85. The molecule has 0 spiro atoms. The van der Waals surface area contributed by atoms with Gasteiger partial charge < -0.3 is 20.7 Å². The molecule has 0 bridgehead atoms. The minimum atomic E-state index is -0.541. The molecule has 1 aliphatic heterocycles. The van der Waals surface area contributed by atoms with E-state index in [9.17, 15) is 9.59 Å². The lowest BCUT2D eigenvalue weighted by molar-refractivity contribution is -0.127. The average Bonchev–Trinajstić information content (AvgIpc) is 3.10. The molecule has 1 aliphatic rings. The molecule has 2 amide bonds. The summed E-state index contributed by atoms with van der Waals surface area (Å²) in [6.07, 6.45) is 3.42. The number of hydrogen-bond acceptors (Lipinski definition) is 5. The number of amides is 2. The van der Waals surface area contributed by atoms with Crippen LogP contribution in [0.3, 0.4) is 0 Å². The summed E-state index contributed by atoms with van der Waals surface area (Å²) in [7, 11) is 3.30. The molecule has 2 atom stereocenters. The van der Waals surface area contributed by atoms with Gasteiger partial charge in [-0.2, -0.15) is 5.10 Å². The zero-order valence-corrected chi connectivity index (χ0v) is 12.8. The van der Waals surface area contributed by atoms with Gasteiger partial charge in [-0.1, -0.05) is 6.58 Å². The summed E-state index contributed by atoms with van der Waals surface area (Å²) >= 11 is 0. The Bertz CT molecular complexity index is 583. The van der Waals surface area contributed by atoms with E-state index in [4.69, 9.17) is 10.5 Å². The number of ether oxygens (including phenoxy) is 1. The normalized spacial score (nSPS) is 20.9. The molecule has 8 nitrogen and oxygen atoms in total.